The van der Waals surface area contributed by atoms with Crippen LogP contribution >= 0.6 is 11.6 Å². The Morgan fingerprint density at radius 1 is 0.923 bits per heavy atom. The number of anilines is 3. The second-order valence-electron chi connectivity index (χ2n) is 6.20. The Hall–Kier alpha value is -2.60. The molecule has 2 aromatic rings. The van der Waals surface area contributed by atoms with Crippen LogP contribution in [0.25, 0.3) is 0 Å². The summed E-state index contributed by atoms with van der Waals surface area (Å²) in [6.07, 6.45) is 0. The molecule has 1 unspecified atom stereocenters. The van der Waals surface area contributed by atoms with Gasteiger partial charge in [-0.15, -0.1) is 0 Å². The first-order valence-electron chi connectivity index (χ1n) is 8.19. The van der Waals surface area contributed by atoms with E-state index >= 15 is 0 Å². The standard InChI is InChI=1S/C19H21ClFN3O2/c1-11(2)18(25)23-15-7-5-14(6-8-15)22-12(3)19(26)24-17-9-4-13(21)10-16(17)20/h4-12,22H,1-3H3,(H,23,25)(H,24,26). The van der Waals surface area contributed by atoms with Crippen LogP contribution in [0.4, 0.5) is 21.5 Å². The van der Waals surface area contributed by atoms with Crippen molar-refractivity contribution in [2.75, 3.05) is 16.0 Å². The van der Waals surface area contributed by atoms with E-state index in [1.165, 1.54) is 12.1 Å². The van der Waals surface area contributed by atoms with Gasteiger partial charge in [-0.1, -0.05) is 25.4 Å². The molecule has 138 valence electrons. The lowest BCUT2D eigenvalue weighted by atomic mass is 10.2. The minimum atomic E-state index is -0.549. The molecular weight excluding hydrogens is 357 g/mol. The predicted molar refractivity (Wildman–Crippen MR) is 103 cm³/mol. The normalized spacial score (nSPS) is 11.8. The lowest BCUT2D eigenvalue weighted by Gasteiger charge is -2.16. The van der Waals surface area contributed by atoms with E-state index in [0.29, 0.717) is 11.4 Å². The van der Waals surface area contributed by atoms with Crippen molar-refractivity contribution in [3.8, 4) is 0 Å². The molecule has 0 spiro atoms. The summed E-state index contributed by atoms with van der Waals surface area (Å²) in [6.45, 7) is 5.33. The Balaban J connectivity index is 1.95. The van der Waals surface area contributed by atoms with Crippen LogP contribution in [-0.4, -0.2) is 17.9 Å². The summed E-state index contributed by atoms with van der Waals surface area (Å²) in [5, 5.41) is 8.64. The van der Waals surface area contributed by atoms with Crippen molar-refractivity contribution < 1.29 is 14.0 Å². The van der Waals surface area contributed by atoms with Crippen LogP contribution in [0.2, 0.25) is 5.02 Å². The van der Waals surface area contributed by atoms with Crippen molar-refractivity contribution >= 4 is 40.5 Å². The fourth-order valence-corrected chi connectivity index (χ4v) is 2.30. The van der Waals surface area contributed by atoms with Gasteiger partial charge in [-0.3, -0.25) is 9.59 Å². The minimum Gasteiger partial charge on any atom is -0.374 e. The summed E-state index contributed by atoms with van der Waals surface area (Å²) in [4.78, 5) is 23.9. The summed E-state index contributed by atoms with van der Waals surface area (Å²) in [5.41, 5.74) is 1.75. The molecule has 0 bridgehead atoms. The monoisotopic (exact) mass is 377 g/mol. The third-order valence-electron chi connectivity index (χ3n) is 3.64. The third kappa shape index (κ3) is 5.46. The molecule has 7 heteroatoms. The molecule has 0 aliphatic rings. The number of hydrogen-bond donors (Lipinski definition) is 3. The lowest BCUT2D eigenvalue weighted by molar-refractivity contribution is -0.119. The van der Waals surface area contributed by atoms with Crippen molar-refractivity contribution in [2.24, 2.45) is 5.92 Å². The van der Waals surface area contributed by atoms with Crippen molar-refractivity contribution in [1.82, 2.24) is 0 Å². The molecule has 2 aromatic carbocycles. The maximum atomic E-state index is 13.1. The fraction of sp³-hybridized carbons (Fsp3) is 0.263. The summed E-state index contributed by atoms with van der Waals surface area (Å²) in [7, 11) is 0. The predicted octanol–water partition coefficient (Wildman–Crippen LogP) is 4.51. The Morgan fingerprint density at radius 2 is 1.54 bits per heavy atom. The molecule has 26 heavy (non-hydrogen) atoms. The summed E-state index contributed by atoms with van der Waals surface area (Å²) in [6, 6.07) is 10.3. The highest BCUT2D eigenvalue weighted by Crippen LogP contribution is 2.23. The van der Waals surface area contributed by atoms with Gasteiger partial charge in [-0.05, 0) is 49.4 Å². The van der Waals surface area contributed by atoms with E-state index in [1.54, 1.807) is 31.2 Å². The van der Waals surface area contributed by atoms with Gasteiger partial charge in [0.25, 0.3) is 0 Å². The van der Waals surface area contributed by atoms with Gasteiger partial charge in [0.2, 0.25) is 11.8 Å². The molecule has 1 atom stereocenters. The number of carbonyl (C=O) groups is 2. The number of benzene rings is 2. The van der Waals surface area contributed by atoms with E-state index < -0.39 is 11.9 Å². The first kappa shape index (κ1) is 19.7. The van der Waals surface area contributed by atoms with Gasteiger partial charge in [0, 0.05) is 17.3 Å². The number of rotatable bonds is 6. The van der Waals surface area contributed by atoms with Gasteiger partial charge < -0.3 is 16.0 Å². The largest absolute Gasteiger partial charge is 0.374 e. The molecule has 0 radical (unpaired) electrons. The van der Waals surface area contributed by atoms with E-state index in [0.717, 1.165) is 11.8 Å². The highest BCUT2D eigenvalue weighted by atomic mass is 35.5. The summed E-state index contributed by atoms with van der Waals surface area (Å²) >= 11 is 5.91. The zero-order valence-electron chi connectivity index (χ0n) is 14.8. The number of hydrogen-bond acceptors (Lipinski definition) is 3. The van der Waals surface area contributed by atoms with Crippen LogP contribution in [0.15, 0.2) is 42.5 Å². The van der Waals surface area contributed by atoms with E-state index in [2.05, 4.69) is 16.0 Å². The van der Waals surface area contributed by atoms with Crippen LogP contribution in [0.5, 0.6) is 0 Å². The van der Waals surface area contributed by atoms with Crippen molar-refractivity contribution in [2.45, 2.75) is 26.8 Å². The Kier molecular flexibility index (Phi) is 6.58. The Labute approximate surface area is 156 Å². The van der Waals surface area contributed by atoms with E-state index in [1.807, 2.05) is 13.8 Å². The van der Waals surface area contributed by atoms with Crippen molar-refractivity contribution in [1.29, 1.82) is 0 Å². The first-order chi connectivity index (χ1) is 12.3. The quantitative estimate of drug-likeness (QED) is 0.693. The highest BCUT2D eigenvalue weighted by Gasteiger charge is 2.15. The Morgan fingerprint density at radius 3 is 2.12 bits per heavy atom. The molecule has 0 aromatic heterocycles. The number of halogens is 2. The molecule has 3 N–H and O–H groups in total. The second kappa shape index (κ2) is 8.67. The number of carbonyl (C=O) groups excluding carboxylic acids is 2. The molecule has 0 fully saturated rings. The van der Waals surface area contributed by atoms with Gasteiger partial charge in [0.1, 0.15) is 11.9 Å². The topological polar surface area (TPSA) is 70.2 Å². The van der Waals surface area contributed by atoms with Crippen LogP contribution in [0, 0.1) is 11.7 Å². The molecule has 0 aliphatic heterocycles. The van der Waals surface area contributed by atoms with Gasteiger partial charge >= 0.3 is 0 Å². The van der Waals surface area contributed by atoms with E-state index in [4.69, 9.17) is 11.6 Å². The van der Waals surface area contributed by atoms with Gasteiger partial charge in [-0.25, -0.2) is 4.39 Å². The zero-order chi connectivity index (χ0) is 19.3. The SMILES string of the molecule is CC(C)C(=O)Nc1ccc(NC(C)C(=O)Nc2ccc(F)cc2Cl)cc1. The molecule has 5 nitrogen and oxygen atoms in total. The minimum absolute atomic E-state index is 0.0605. The van der Waals surface area contributed by atoms with Crippen LogP contribution in [0.3, 0.4) is 0 Å². The second-order valence-corrected chi connectivity index (χ2v) is 6.61. The lowest BCUT2D eigenvalue weighted by Crippen LogP contribution is -2.31. The summed E-state index contributed by atoms with van der Waals surface area (Å²) < 4.78 is 13.1. The average molecular weight is 378 g/mol. The molecule has 2 rings (SSSR count). The molecule has 0 saturated carbocycles. The number of nitrogens with one attached hydrogen (secondary N) is 3. The van der Waals surface area contributed by atoms with Gasteiger partial charge in [-0.2, -0.15) is 0 Å². The maximum absolute atomic E-state index is 13.1. The Bertz CT molecular complexity index is 794. The molecule has 0 saturated heterocycles. The van der Waals surface area contributed by atoms with Crippen molar-refractivity contribution in [3.05, 3.63) is 53.3 Å². The molecular formula is C19H21ClFN3O2. The van der Waals surface area contributed by atoms with Crippen molar-refractivity contribution in [3.63, 3.8) is 0 Å². The van der Waals surface area contributed by atoms with E-state index in [9.17, 15) is 14.0 Å². The van der Waals surface area contributed by atoms with Crippen LogP contribution in [0.1, 0.15) is 20.8 Å². The molecule has 2 amide bonds. The smallest absolute Gasteiger partial charge is 0.246 e. The fourth-order valence-electron chi connectivity index (χ4n) is 2.08. The van der Waals surface area contributed by atoms with Gasteiger partial charge in [0.15, 0.2) is 0 Å². The van der Waals surface area contributed by atoms with Crippen LogP contribution in [-0.2, 0) is 9.59 Å². The zero-order valence-corrected chi connectivity index (χ0v) is 15.5. The first-order valence-corrected chi connectivity index (χ1v) is 8.57. The number of amides is 2. The average Bonchev–Trinajstić information content (AvgIpc) is 2.58. The molecule has 0 aliphatic carbocycles. The highest BCUT2D eigenvalue weighted by molar-refractivity contribution is 6.33. The maximum Gasteiger partial charge on any atom is 0.246 e. The summed E-state index contributed by atoms with van der Waals surface area (Å²) in [5.74, 6) is -0.941. The molecule has 0 heterocycles. The van der Waals surface area contributed by atoms with Gasteiger partial charge in [0.05, 0.1) is 10.7 Å². The van der Waals surface area contributed by atoms with Crippen LogP contribution < -0.4 is 16.0 Å². The van der Waals surface area contributed by atoms with E-state index in [-0.39, 0.29) is 22.8 Å². The third-order valence-corrected chi connectivity index (χ3v) is 3.95.